The Kier molecular flexibility index (Phi) is 5.64. The first-order valence-electron chi connectivity index (χ1n) is 4.01. The van der Waals surface area contributed by atoms with Crippen LogP contribution in [0.25, 0.3) is 0 Å². The van der Waals surface area contributed by atoms with Crippen LogP contribution in [0.1, 0.15) is 27.7 Å². The van der Waals surface area contributed by atoms with E-state index in [-0.39, 0.29) is 0 Å². The Labute approximate surface area is 64.0 Å². The number of nitrogens with one attached hydrogen (secondary N) is 1. The molecule has 1 N–H and O–H groups in total. The molecule has 10 heavy (non-hydrogen) atoms. The van der Waals surface area contributed by atoms with Crippen molar-refractivity contribution in [1.29, 1.82) is 0 Å². The van der Waals surface area contributed by atoms with Gasteiger partial charge in [-0.3, -0.25) is 0 Å². The van der Waals surface area contributed by atoms with Crippen molar-refractivity contribution in [2.75, 3.05) is 13.2 Å². The Bertz CT molecular complexity index is 73.7. The second-order valence-corrected chi connectivity index (χ2v) is 2.83. The number of hydrogen-bond acceptors (Lipinski definition) is 2. The van der Waals surface area contributed by atoms with Gasteiger partial charge in [0, 0.05) is 19.2 Å². The lowest BCUT2D eigenvalue weighted by Gasteiger charge is -2.14. The van der Waals surface area contributed by atoms with E-state index in [4.69, 9.17) is 4.74 Å². The molecule has 0 amide bonds. The summed E-state index contributed by atoms with van der Waals surface area (Å²) in [4.78, 5) is 0. The molecule has 0 radical (unpaired) electrons. The van der Waals surface area contributed by atoms with Crippen LogP contribution in [-0.4, -0.2) is 25.3 Å². The predicted octanol–water partition coefficient (Wildman–Crippen LogP) is 1.41. The highest BCUT2D eigenvalue weighted by atomic mass is 16.5. The van der Waals surface area contributed by atoms with Gasteiger partial charge in [0.1, 0.15) is 0 Å². The van der Waals surface area contributed by atoms with Crippen molar-refractivity contribution in [1.82, 2.24) is 5.32 Å². The van der Waals surface area contributed by atoms with E-state index in [2.05, 4.69) is 26.1 Å². The van der Waals surface area contributed by atoms with Crippen molar-refractivity contribution < 1.29 is 4.74 Å². The summed E-state index contributed by atoms with van der Waals surface area (Å²) in [6.45, 7) is 10.1. The molecular weight excluding hydrogens is 126 g/mol. The lowest BCUT2D eigenvalue weighted by atomic mass is 10.3. The van der Waals surface area contributed by atoms with Crippen LogP contribution in [0.4, 0.5) is 0 Å². The van der Waals surface area contributed by atoms with Crippen LogP contribution in [-0.2, 0) is 4.74 Å². The maximum absolute atomic E-state index is 5.33. The largest absolute Gasteiger partial charge is 0.377 e. The third-order valence-electron chi connectivity index (χ3n) is 1.26. The minimum Gasteiger partial charge on any atom is -0.377 e. The van der Waals surface area contributed by atoms with Crippen LogP contribution in [0.15, 0.2) is 0 Å². The standard InChI is InChI=1S/C8H19NO/c1-5-10-8(4)6-9-7(2)3/h7-9H,5-6H2,1-4H3/t8-/m0/s1. The molecule has 0 heterocycles. The third kappa shape index (κ3) is 6.05. The predicted molar refractivity (Wildman–Crippen MR) is 44.2 cm³/mol. The molecule has 0 bridgehead atoms. The highest BCUT2D eigenvalue weighted by Gasteiger charge is 1.99. The fourth-order valence-corrected chi connectivity index (χ4v) is 0.745. The lowest BCUT2D eigenvalue weighted by molar-refractivity contribution is 0.0747. The summed E-state index contributed by atoms with van der Waals surface area (Å²) in [6.07, 6.45) is 0.340. The van der Waals surface area contributed by atoms with Crippen molar-refractivity contribution in [3.63, 3.8) is 0 Å². The molecule has 0 aliphatic rings. The topological polar surface area (TPSA) is 21.3 Å². The molecule has 0 aromatic heterocycles. The normalized spacial score (nSPS) is 14.1. The maximum Gasteiger partial charge on any atom is 0.0671 e. The van der Waals surface area contributed by atoms with Gasteiger partial charge in [0.25, 0.3) is 0 Å². The van der Waals surface area contributed by atoms with Crippen LogP contribution in [0.3, 0.4) is 0 Å². The van der Waals surface area contributed by atoms with E-state index in [1.165, 1.54) is 0 Å². The zero-order chi connectivity index (χ0) is 7.98. The molecule has 1 atom stereocenters. The summed E-state index contributed by atoms with van der Waals surface area (Å²) in [7, 11) is 0. The van der Waals surface area contributed by atoms with E-state index in [1.54, 1.807) is 0 Å². The van der Waals surface area contributed by atoms with E-state index in [1.807, 2.05) is 6.92 Å². The van der Waals surface area contributed by atoms with Crippen LogP contribution in [0, 0.1) is 0 Å². The zero-order valence-electron chi connectivity index (χ0n) is 7.48. The minimum atomic E-state index is 0.340. The van der Waals surface area contributed by atoms with E-state index in [9.17, 15) is 0 Å². The summed E-state index contributed by atoms with van der Waals surface area (Å²) in [5.41, 5.74) is 0. The Balaban J connectivity index is 3.12. The molecule has 0 saturated carbocycles. The van der Waals surface area contributed by atoms with Gasteiger partial charge in [-0.2, -0.15) is 0 Å². The van der Waals surface area contributed by atoms with Crippen LogP contribution < -0.4 is 5.32 Å². The monoisotopic (exact) mass is 145 g/mol. The zero-order valence-corrected chi connectivity index (χ0v) is 7.48. The molecule has 62 valence electrons. The highest BCUT2D eigenvalue weighted by molar-refractivity contribution is 4.57. The molecule has 2 nitrogen and oxygen atoms in total. The molecule has 0 unspecified atom stereocenters. The summed E-state index contributed by atoms with van der Waals surface area (Å²) in [5, 5.41) is 3.31. The van der Waals surface area contributed by atoms with E-state index >= 15 is 0 Å². The molecule has 2 heteroatoms. The molecule has 0 spiro atoms. The van der Waals surface area contributed by atoms with Gasteiger partial charge in [-0.1, -0.05) is 13.8 Å². The average Bonchev–Trinajstić information content (AvgIpc) is 1.85. The SMILES string of the molecule is CCO[C@@H](C)CNC(C)C. The van der Waals surface area contributed by atoms with Crippen molar-refractivity contribution >= 4 is 0 Å². The number of hydrogen-bond donors (Lipinski definition) is 1. The number of rotatable bonds is 5. The Morgan fingerprint density at radius 2 is 1.90 bits per heavy atom. The van der Waals surface area contributed by atoms with Gasteiger partial charge in [0.05, 0.1) is 6.10 Å². The Hall–Kier alpha value is -0.0800. The first kappa shape index (κ1) is 9.92. The average molecular weight is 145 g/mol. The van der Waals surface area contributed by atoms with Crippen molar-refractivity contribution in [2.45, 2.75) is 39.8 Å². The van der Waals surface area contributed by atoms with Gasteiger partial charge >= 0.3 is 0 Å². The molecule has 0 rings (SSSR count). The molecule has 0 aromatic carbocycles. The lowest BCUT2D eigenvalue weighted by Crippen LogP contribution is -2.31. The van der Waals surface area contributed by atoms with Crippen LogP contribution >= 0.6 is 0 Å². The van der Waals surface area contributed by atoms with Gasteiger partial charge in [0.15, 0.2) is 0 Å². The quantitative estimate of drug-likeness (QED) is 0.631. The van der Waals surface area contributed by atoms with Gasteiger partial charge in [-0.15, -0.1) is 0 Å². The fourth-order valence-electron chi connectivity index (χ4n) is 0.745. The van der Waals surface area contributed by atoms with Gasteiger partial charge in [-0.25, -0.2) is 0 Å². The van der Waals surface area contributed by atoms with Crippen LogP contribution in [0.2, 0.25) is 0 Å². The van der Waals surface area contributed by atoms with E-state index in [0.717, 1.165) is 13.2 Å². The molecule has 0 aliphatic carbocycles. The minimum absolute atomic E-state index is 0.340. The molecular formula is C8H19NO. The fraction of sp³-hybridized carbons (Fsp3) is 1.00. The molecule has 0 aromatic rings. The Morgan fingerprint density at radius 1 is 1.30 bits per heavy atom. The highest BCUT2D eigenvalue weighted by Crippen LogP contribution is 1.88. The molecule has 0 saturated heterocycles. The summed E-state index contributed by atoms with van der Waals surface area (Å²) in [6, 6.07) is 0.558. The maximum atomic E-state index is 5.33. The molecule has 0 fully saturated rings. The summed E-state index contributed by atoms with van der Waals surface area (Å²) >= 11 is 0. The van der Waals surface area contributed by atoms with E-state index < -0.39 is 0 Å². The molecule has 0 aliphatic heterocycles. The van der Waals surface area contributed by atoms with Gasteiger partial charge in [0.2, 0.25) is 0 Å². The summed E-state index contributed by atoms with van der Waals surface area (Å²) < 4.78 is 5.33. The smallest absolute Gasteiger partial charge is 0.0671 e. The van der Waals surface area contributed by atoms with Crippen LogP contribution in [0.5, 0.6) is 0 Å². The first-order chi connectivity index (χ1) is 4.66. The van der Waals surface area contributed by atoms with Gasteiger partial charge in [-0.05, 0) is 13.8 Å². The second kappa shape index (κ2) is 5.69. The number of ether oxygens (including phenoxy) is 1. The van der Waals surface area contributed by atoms with E-state index in [0.29, 0.717) is 12.1 Å². The van der Waals surface area contributed by atoms with Crippen molar-refractivity contribution in [3.05, 3.63) is 0 Å². The Morgan fingerprint density at radius 3 is 2.30 bits per heavy atom. The second-order valence-electron chi connectivity index (χ2n) is 2.83. The van der Waals surface area contributed by atoms with Gasteiger partial charge < -0.3 is 10.1 Å². The van der Waals surface area contributed by atoms with Crippen molar-refractivity contribution in [2.24, 2.45) is 0 Å². The third-order valence-corrected chi connectivity index (χ3v) is 1.26. The van der Waals surface area contributed by atoms with Crippen molar-refractivity contribution in [3.8, 4) is 0 Å². The first-order valence-corrected chi connectivity index (χ1v) is 4.01. The summed E-state index contributed by atoms with van der Waals surface area (Å²) in [5.74, 6) is 0.